The lowest BCUT2D eigenvalue weighted by molar-refractivity contribution is -0.214. The average molecular weight is 202 g/mol. The van der Waals surface area contributed by atoms with E-state index in [-0.39, 0.29) is 18.3 Å². The number of aliphatic hydroxyl groups is 1. The number of hydrogen-bond acceptors (Lipinski definition) is 5. The molecule has 0 aromatic heterocycles. The van der Waals surface area contributed by atoms with Crippen molar-refractivity contribution in [2.75, 3.05) is 6.61 Å². The molecule has 0 amide bonds. The van der Waals surface area contributed by atoms with Gasteiger partial charge in [-0.2, -0.15) is 0 Å². The lowest BCUT2D eigenvalue weighted by Gasteiger charge is -2.21. The summed E-state index contributed by atoms with van der Waals surface area (Å²) in [4.78, 5) is 0. The van der Waals surface area contributed by atoms with Crippen LogP contribution in [-0.4, -0.2) is 48.2 Å². The molecule has 5 nitrogen and oxygen atoms in total. The van der Waals surface area contributed by atoms with E-state index in [4.69, 9.17) is 18.9 Å². The van der Waals surface area contributed by atoms with E-state index in [2.05, 4.69) is 0 Å². The summed E-state index contributed by atoms with van der Waals surface area (Å²) in [5, 5.41) is 9.52. The molecule has 0 bridgehead atoms. The third-order valence-corrected chi connectivity index (χ3v) is 2.87. The Morgan fingerprint density at radius 3 is 2.71 bits per heavy atom. The summed E-state index contributed by atoms with van der Waals surface area (Å²) in [6, 6.07) is 0. The Bertz CT molecular complexity index is 254. The highest BCUT2D eigenvalue weighted by Gasteiger charge is 2.59. The molecule has 3 fully saturated rings. The first-order valence-electron chi connectivity index (χ1n) is 4.88. The van der Waals surface area contributed by atoms with Gasteiger partial charge in [-0.15, -0.1) is 0 Å². The largest absolute Gasteiger partial charge is 0.388 e. The van der Waals surface area contributed by atoms with Crippen LogP contribution >= 0.6 is 0 Å². The SMILES string of the molecule is CC1(C)O[C@H]2OC3C(OC[C@H]3O)[C@H]2O1. The lowest BCUT2D eigenvalue weighted by atomic mass is 10.1. The molecule has 0 aromatic rings. The average Bonchev–Trinajstić information content (AvgIpc) is 2.63. The van der Waals surface area contributed by atoms with Gasteiger partial charge >= 0.3 is 0 Å². The minimum Gasteiger partial charge on any atom is -0.388 e. The van der Waals surface area contributed by atoms with E-state index in [0.29, 0.717) is 6.61 Å². The predicted molar refractivity (Wildman–Crippen MR) is 44.4 cm³/mol. The highest BCUT2D eigenvalue weighted by atomic mass is 16.8. The summed E-state index contributed by atoms with van der Waals surface area (Å²) in [7, 11) is 0. The molecule has 0 aromatic carbocycles. The Hall–Kier alpha value is -0.200. The Kier molecular flexibility index (Phi) is 1.73. The van der Waals surface area contributed by atoms with Crippen molar-refractivity contribution in [2.45, 2.75) is 50.3 Å². The summed E-state index contributed by atoms with van der Waals surface area (Å²) < 4.78 is 22.1. The summed E-state index contributed by atoms with van der Waals surface area (Å²) >= 11 is 0. The summed E-state index contributed by atoms with van der Waals surface area (Å²) in [6.45, 7) is 4.01. The number of rotatable bonds is 0. The molecular formula is C9H14O5. The molecule has 5 atom stereocenters. The van der Waals surface area contributed by atoms with Crippen molar-refractivity contribution in [1.29, 1.82) is 0 Å². The standard InChI is InChI=1S/C9H14O5/c1-9(2)13-7-6-5(4(10)3-11-6)12-8(7)14-9/h4-8,10H,3H2,1-2H3/t4-,5?,6?,7-,8-/m1/s1. The molecule has 0 radical (unpaired) electrons. The molecule has 3 rings (SSSR count). The molecule has 0 saturated carbocycles. The second-order valence-electron chi connectivity index (χ2n) is 4.43. The fourth-order valence-electron chi connectivity index (χ4n) is 2.31. The second-order valence-corrected chi connectivity index (χ2v) is 4.43. The van der Waals surface area contributed by atoms with Crippen molar-refractivity contribution in [1.82, 2.24) is 0 Å². The van der Waals surface area contributed by atoms with Crippen LogP contribution in [0.15, 0.2) is 0 Å². The highest BCUT2D eigenvalue weighted by Crippen LogP contribution is 2.41. The van der Waals surface area contributed by atoms with E-state index >= 15 is 0 Å². The van der Waals surface area contributed by atoms with E-state index in [1.807, 2.05) is 13.8 Å². The van der Waals surface area contributed by atoms with Crippen LogP contribution in [0.4, 0.5) is 0 Å². The van der Waals surface area contributed by atoms with Crippen molar-refractivity contribution in [3.05, 3.63) is 0 Å². The number of aliphatic hydroxyl groups excluding tert-OH is 1. The second kappa shape index (κ2) is 2.68. The molecule has 3 aliphatic heterocycles. The molecule has 3 heterocycles. The van der Waals surface area contributed by atoms with Crippen molar-refractivity contribution >= 4 is 0 Å². The zero-order valence-electron chi connectivity index (χ0n) is 8.17. The first kappa shape index (κ1) is 9.06. The molecule has 80 valence electrons. The van der Waals surface area contributed by atoms with Gasteiger partial charge in [-0.1, -0.05) is 0 Å². The molecule has 0 spiro atoms. The van der Waals surface area contributed by atoms with Crippen molar-refractivity contribution < 1.29 is 24.1 Å². The molecule has 14 heavy (non-hydrogen) atoms. The first-order valence-corrected chi connectivity index (χ1v) is 4.88. The molecule has 0 aliphatic carbocycles. The van der Waals surface area contributed by atoms with Crippen LogP contribution in [0.5, 0.6) is 0 Å². The van der Waals surface area contributed by atoms with Crippen LogP contribution in [-0.2, 0) is 18.9 Å². The van der Waals surface area contributed by atoms with Gasteiger partial charge in [0.25, 0.3) is 0 Å². The van der Waals surface area contributed by atoms with Gasteiger partial charge in [-0.25, -0.2) is 0 Å². The quantitative estimate of drug-likeness (QED) is 0.580. The van der Waals surface area contributed by atoms with Gasteiger partial charge in [0.15, 0.2) is 12.1 Å². The van der Waals surface area contributed by atoms with Gasteiger partial charge in [0.1, 0.15) is 24.4 Å². The van der Waals surface area contributed by atoms with E-state index in [0.717, 1.165) is 0 Å². The Labute approximate surface area is 81.9 Å². The predicted octanol–water partition coefficient (Wildman–Crippen LogP) is -0.378. The highest BCUT2D eigenvalue weighted by molar-refractivity contribution is 5.00. The van der Waals surface area contributed by atoms with Crippen molar-refractivity contribution in [2.24, 2.45) is 0 Å². The Morgan fingerprint density at radius 1 is 1.14 bits per heavy atom. The molecule has 1 N–H and O–H groups in total. The maximum absolute atomic E-state index is 9.52. The molecule has 2 unspecified atom stereocenters. The van der Waals surface area contributed by atoms with E-state index in [1.54, 1.807) is 0 Å². The lowest BCUT2D eigenvalue weighted by Crippen LogP contribution is -2.35. The minimum atomic E-state index is -0.614. The zero-order chi connectivity index (χ0) is 9.92. The smallest absolute Gasteiger partial charge is 0.190 e. The third-order valence-electron chi connectivity index (χ3n) is 2.87. The van der Waals surface area contributed by atoms with Gasteiger partial charge in [0.05, 0.1) is 6.61 Å². The number of fused-ring (bicyclic) bond motifs is 3. The van der Waals surface area contributed by atoms with Crippen LogP contribution < -0.4 is 0 Å². The van der Waals surface area contributed by atoms with Gasteiger partial charge in [-0.3, -0.25) is 0 Å². The molecule has 5 heteroatoms. The molecule has 3 aliphatic rings. The maximum Gasteiger partial charge on any atom is 0.190 e. The summed E-state index contributed by atoms with van der Waals surface area (Å²) in [5.74, 6) is -0.614. The van der Waals surface area contributed by atoms with Crippen LogP contribution in [0, 0.1) is 0 Å². The third kappa shape index (κ3) is 1.14. The summed E-state index contributed by atoms with van der Waals surface area (Å²) in [6.07, 6.45) is -1.62. The van der Waals surface area contributed by atoms with Crippen LogP contribution in [0.2, 0.25) is 0 Å². The Morgan fingerprint density at radius 2 is 1.93 bits per heavy atom. The van der Waals surface area contributed by atoms with Crippen LogP contribution in [0.3, 0.4) is 0 Å². The van der Waals surface area contributed by atoms with E-state index in [1.165, 1.54) is 0 Å². The monoisotopic (exact) mass is 202 g/mol. The van der Waals surface area contributed by atoms with Crippen molar-refractivity contribution in [3.63, 3.8) is 0 Å². The Balaban J connectivity index is 1.80. The zero-order valence-corrected chi connectivity index (χ0v) is 8.17. The van der Waals surface area contributed by atoms with E-state index < -0.39 is 18.2 Å². The van der Waals surface area contributed by atoms with Crippen LogP contribution in [0.1, 0.15) is 13.8 Å². The normalized spacial score (nSPS) is 54.6. The van der Waals surface area contributed by atoms with E-state index in [9.17, 15) is 5.11 Å². The first-order chi connectivity index (χ1) is 6.57. The minimum absolute atomic E-state index is 0.184. The van der Waals surface area contributed by atoms with Gasteiger partial charge < -0.3 is 24.1 Å². The van der Waals surface area contributed by atoms with Gasteiger partial charge in [0.2, 0.25) is 0 Å². The van der Waals surface area contributed by atoms with Gasteiger partial charge in [0, 0.05) is 0 Å². The number of ether oxygens (including phenoxy) is 4. The van der Waals surface area contributed by atoms with Gasteiger partial charge in [-0.05, 0) is 13.8 Å². The fourth-order valence-corrected chi connectivity index (χ4v) is 2.31. The molecule has 3 saturated heterocycles. The summed E-state index contributed by atoms with van der Waals surface area (Å²) in [5.41, 5.74) is 0. The maximum atomic E-state index is 9.52. The van der Waals surface area contributed by atoms with Crippen LogP contribution in [0.25, 0.3) is 0 Å². The molecular weight excluding hydrogens is 188 g/mol. The fraction of sp³-hybridized carbons (Fsp3) is 1.00. The number of hydrogen-bond donors (Lipinski definition) is 1. The van der Waals surface area contributed by atoms with Crippen molar-refractivity contribution in [3.8, 4) is 0 Å². The topological polar surface area (TPSA) is 57.2 Å².